The van der Waals surface area contributed by atoms with Gasteiger partial charge in [-0.1, -0.05) is 0 Å². The molecule has 1 aliphatic carbocycles. The predicted molar refractivity (Wildman–Crippen MR) is 71.6 cm³/mol. The smallest absolute Gasteiger partial charge is 0.149 e. The zero-order chi connectivity index (χ0) is 12.3. The molecule has 4 rings (SSSR count). The third kappa shape index (κ3) is 1.39. The van der Waals surface area contributed by atoms with E-state index in [4.69, 9.17) is 8.83 Å². The Labute approximate surface area is 111 Å². The molecule has 0 aliphatic heterocycles. The molecule has 0 amide bonds. The van der Waals surface area contributed by atoms with Gasteiger partial charge in [-0.2, -0.15) is 0 Å². The molecule has 0 atom stereocenters. The largest absolute Gasteiger partial charge is 0.464 e. The second-order valence-electron chi connectivity index (χ2n) is 5.02. The molecule has 1 saturated carbocycles. The van der Waals surface area contributed by atoms with Crippen LogP contribution in [0, 0.1) is 0 Å². The van der Waals surface area contributed by atoms with Gasteiger partial charge >= 0.3 is 0 Å². The first-order valence-electron chi connectivity index (χ1n) is 5.95. The van der Waals surface area contributed by atoms with Crippen molar-refractivity contribution >= 4 is 37.9 Å². The van der Waals surface area contributed by atoms with Crippen molar-refractivity contribution in [1.82, 2.24) is 0 Å². The van der Waals surface area contributed by atoms with Crippen LogP contribution < -0.4 is 0 Å². The van der Waals surface area contributed by atoms with Crippen LogP contribution in [-0.2, 0) is 6.42 Å². The lowest BCUT2D eigenvalue weighted by Gasteiger charge is -2.10. The van der Waals surface area contributed by atoms with Crippen molar-refractivity contribution in [1.29, 1.82) is 0 Å². The summed E-state index contributed by atoms with van der Waals surface area (Å²) in [5, 5.41) is 12.2. The number of halogens is 1. The summed E-state index contributed by atoms with van der Waals surface area (Å²) in [7, 11) is 0. The van der Waals surface area contributed by atoms with Gasteiger partial charge in [0.25, 0.3) is 0 Å². The second kappa shape index (κ2) is 3.39. The molecule has 2 aromatic heterocycles. The number of hydrogen-bond donors (Lipinski definition) is 1. The molecular formula is C14H11BrO3. The number of benzene rings is 1. The summed E-state index contributed by atoms with van der Waals surface area (Å²) in [6.45, 7) is 0. The van der Waals surface area contributed by atoms with Crippen molar-refractivity contribution in [3.05, 3.63) is 34.7 Å². The molecule has 1 fully saturated rings. The van der Waals surface area contributed by atoms with Gasteiger partial charge in [-0.05, 0) is 40.9 Å². The Morgan fingerprint density at radius 3 is 2.50 bits per heavy atom. The quantitative estimate of drug-likeness (QED) is 0.778. The molecule has 0 saturated heterocycles. The van der Waals surface area contributed by atoms with Crippen molar-refractivity contribution in [2.24, 2.45) is 0 Å². The lowest BCUT2D eigenvalue weighted by Crippen LogP contribution is -2.11. The molecule has 18 heavy (non-hydrogen) atoms. The van der Waals surface area contributed by atoms with Crippen LogP contribution in [-0.4, -0.2) is 10.7 Å². The molecule has 1 N–H and O–H groups in total. The van der Waals surface area contributed by atoms with E-state index in [9.17, 15) is 5.11 Å². The van der Waals surface area contributed by atoms with Crippen LogP contribution in [0.25, 0.3) is 21.9 Å². The first kappa shape index (κ1) is 10.6. The highest BCUT2D eigenvalue weighted by Crippen LogP contribution is 2.44. The van der Waals surface area contributed by atoms with Gasteiger partial charge in [0.15, 0.2) is 0 Å². The molecule has 3 nitrogen and oxygen atoms in total. The average molecular weight is 307 g/mol. The number of rotatable bonds is 2. The van der Waals surface area contributed by atoms with Gasteiger partial charge < -0.3 is 13.9 Å². The summed E-state index contributed by atoms with van der Waals surface area (Å²) < 4.78 is 12.0. The van der Waals surface area contributed by atoms with E-state index in [0.717, 1.165) is 44.8 Å². The summed E-state index contributed by atoms with van der Waals surface area (Å²) in [6.07, 6.45) is 5.71. The van der Waals surface area contributed by atoms with Crippen LogP contribution in [0.3, 0.4) is 0 Å². The van der Waals surface area contributed by atoms with Gasteiger partial charge in [0, 0.05) is 22.8 Å². The number of furan rings is 2. The minimum Gasteiger partial charge on any atom is -0.464 e. The maximum Gasteiger partial charge on any atom is 0.149 e. The number of fused-ring (bicyclic) bond motifs is 2. The normalized spacial score (nSPS) is 17.7. The van der Waals surface area contributed by atoms with Crippen molar-refractivity contribution in [3.63, 3.8) is 0 Å². The summed E-state index contributed by atoms with van der Waals surface area (Å²) >= 11 is 3.55. The molecule has 2 heterocycles. The van der Waals surface area contributed by atoms with E-state index < -0.39 is 5.60 Å². The maximum absolute atomic E-state index is 10.2. The Kier molecular flexibility index (Phi) is 2.01. The molecule has 1 aromatic carbocycles. The fourth-order valence-electron chi connectivity index (χ4n) is 2.50. The van der Waals surface area contributed by atoms with E-state index in [1.807, 2.05) is 12.1 Å². The molecule has 0 unspecified atom stereocenters. The molecule has 0 radical (unpaired) electrons. The maximum atomic E-state index is 10.2. The highest BCUT2D eigenvalue weighted by molar-refractivity contribution is 9.10. The van der Waals surface area contributed by atoms with Crippen LogP contribution in [0.15, 0.2) is 38.0 Å². The number of hydrogen-bond acceptors (Lipinski definition) is 3. The van der Waals surface area contributed by atoms with Gasteiger partial charge in [-0.25, -0.2) is 0 Å². The zero-order valence-electron chi connectivity index (χ0n) is 9.57. The van der Waals surface area contributed by atoms with Crippen LogP contribution in [0.2, 0.25) is 0 Å². The summed E-state index contributed by atoms with van der Waals surface area (Å²) in [4.78, 5) is 0. The lowest BCUT2D eigenvalue weighted by atomic mass is 10.0. The molecule has 0 spiro atoms. The van der Waals surface area contributed by atoms with Crippen molar-refractivity contribution in [2.75, 3.05) is 0 Å². The molecule has 3 aromatic rings. The average Bonchev–Trinajstić information content (AvgIpc) is 2.87. The zero-order valence-corrected chi connectivity index (χ0v) is 11.2. The van der Waals surface area contributed by atoms with Crippen LogP contribution in [0.1, 0.15) is 18.4 Å². The highest BCUT2D eigenvalue weighted by atomic mass is 79.9. The SMILES string of the molecule is OC1(Cc2c3ccoc3c(Br)c3ccoc23)CC1. The highest BCUT2D eigenvalue weighted by Gasteiger charge is 2.41. The molecule has 4 heteroatoms. The van der Waals surface area contributed by atoms with E-state index in [2.05, 4.69) is 15.9 Å². The molecule has 1 aliphatic rings. The minimum atomic E-state index is -0.544. The van der Waals surface area contributed by atoms with E-state index in [1.54, 1.807) is 12.5 Å². The van der Waals surface area contributed by atoms with E-state index >= 15 is 0 Å². The third-order valence-electron chi connectivity index (χ3n) is 3.70. The van der Waals surface area contributed by atoms with Gasteiger partial charge in [0.2, 0.25) is 0 Å². The predicted octanol–water partition coefficient (Wildman–Crippen LogP) is 4.01. The molecule has 92 valence electrons. The standard InChI is InChI=1S/C14H11BrO3/c15-11-9-2-6-17-12(9)10(7-14(16)3-4-14)8-1-5-18-13(8)11/h1-2,5-6,16H,3-4,7H2. The van der Waals surface area contributed by atoms with Gasteiger partial charge in [0.1, 0.15) is 11.2 Å². The fourth-order valence-corrected chi connectivity index (χ4v) is 3.12. The molecular weight excluding hydrogens is 296 g/mol. The first-order chi connectivity index (χ1) is 8.68. The summed E-state index contributed by atoms with van der Waals surface area (Å²) in [5.74, 6) is 0. The number of aliphatic hydroxyl groups is 1. The Balaban J connectivity index is 2.08. The van der Waals surface area contributed by atoms with Crippen molar-refractivity contribution in [2.45, 2.75) is 24.9 Å². The summed E-state index contributed by atoms with van der Waals surface area (Å²) in [5.41, 5.74) is 2.17. The molecule has 0 bridgehead atoms. The van der Waals surface area contributed by atoms with Gasteiger partial charge in [-0.15, -0.1) is 0 Å². The lowest BCUT2D eigenvalue weighted by molar-refractivity contribution is 0.151. The Morgan fingerprint density at radius 2 is 1.78 bits per heavy atom. The minimum absolute atomic E-state index is 0.544. The van der Waals surface area contributed by atoms with E-state index in [1.165, 1.54) is 0 Å². The van der Waals surface area contributed by atoms with E-state index in [-0.39, 0.29) is 0 Å². The van der Waals surface area contributed by atoms with Gasteiger partial charge in [-0.3, -0.25) is 0 Å². The van der Waals surface area contributed by atoms with Crippen LogP contribution >= 0.6 is 15.9 Å². The Hall–Kier alpha value is -1.26. The second-order valence-corrected chi connectivity index (χ2v) is 5.81. The Morgan fingerprint density at radius 1 is 1.11 bits per heavy atom. The topological polar surface area (TPSA) is 46.5 Å². The van der Waals surface area contributed by atoms with Crippen molar-refractivity contribution in [3.8, 4) is 0 Å². The Bertz CT molecular complexity index is 697. The fraction of sp³-hybridized carbons (Fsp3) is 0.286. The third-order valence-corrected chi connectivity index (χ3v) is 4.49. The van der Waals surface area contributed by atoms with Crippen LogP contribution in [0.5, 0.6) is 0 Å². The first-order valence-corrected chi connectivity index (χ1v) is 6.74. The van der Waals surface area contributed by atoms with Gasteiger partial charge in [0.05, 0.1) is 22.6 Å². The van der Waals surface area contributed by atoms with Crippen LogP contribution in [0.4, 0.5) is 0 Å². The summed E-state index contributed by atoms with van der Waals surface area (Å²) in [6, 6.07) is 3.85. The monoisotopic (exact) mass is 306 g/mol. The van der Waals surface area contributed by atoms with E-state index in [0.29, 0.717) is 6.42 Å². The van der Waals surface area contributed by atoms with Crippen molar-refractivity contribution < 1.29 is 13.9 Å².